The fourth-order valence-corrected chi connectivity index (χ4v) is 2.09. The highest BCUT2D eigenvalue weighted by molar-refractivity contribution is 6.29. The van der Waals surface area contributed by atoms with Crippen LogP contribution in [0, 0.1) is 6.92 Å². The summed E-state index contributed by atoms with van der Waals surface area (Å²) in [6.45, 7) is 2.36. The number of hydrogen-bond donors (Lipinski definition) is 0. The Balaban J connectivity index is 1.84. The van der Waals surface area contributed by atoms with Crippen molar-refractivity contribution in [2.24, 2.45) is 0 Å². The molecule has 19 heavy (non-hydrogen) atoms. The first kappa shape index (κ1) is 12.0. The highest BCUT2D eigenvalue weighted by atomic mass is 35.5. The third kappa shape index (κ3) is 2.39. The largest absolute Gasteiger partial charge is 0.486 e. The summed E-state index contributed by atoms with van der Waals surface area (Å²) in [5, 5.41) is 8.72. The molecule has 0 aliphatic carbocycles. The third-order valence-corrected chi connectivity index (χ3v) is 3.13. The Morgan fingerprint density at radius 1 is 1.11 bits per heavy atom. The van der Waals surface area contributed by atoms with E-state index in [1.54, 1.807) is 10.5 Å². The second-order valence-corrected chi connectivity index (χ2v) is 4.65. The predicted octanol–water partition coefficient (Wildman–Crippen LogP) is 3.27. The lowest BCUT2D eigenvalue weighted by atomic mass is 10.2. The van der Waals surface area contributed by atoms with Crippen LogP contribution < -0.4 is 4.74 Å². The first-order valence-corrected chi connectivity index (χ1v) is 6.30. The maximum atomic E-state index is 6.13. The van der Waals surface area contributed by atoms with Gasteiger partial charge in [-0.05, 0) is 31.2 Å². The molecule has 0 atom stereocenters. The van der Waals surface area contributed by atoms with Crippen LogP contribution in [0.2, 0.25) is 5.15 Å². The van der Waals surface area contributed by atoms with Crippen LogP contribution in [0.5, 0.6) is 5.75 Å². The maximum absolute atomic E-state index is 6.13. The maximum Gasteiger partial charge on any atom is 0.176 e. The molecule has 4 nitrogen and oxygen atoms in total. The lowest BCUT2D eigenvalue weighted by Gasteiger charge is -2.06. The molecule has 3 rings (SSSR count). The standard InChI is InChI=1S/C14H12ClN3O/c1-10-5-7-11(8-6-10)19-9-14-17-16-13-4-2-3-12(15)18(13)14/h2-8H,9H2,1H3. The Morgan fingerprint density at radius 2 is 1.89 bits per heavy atom. The molecule has 0 aliphatic rings. The van der Waals surface area contributed by atoms with Gasteiger partial charge in [-0.15, -0.1) is 10.2 Å². The summed E-state index contributed by atoms with van der Waals surface area (Å²) in [5.41, 5.74) is 1.92. The summed E-state index contributed by atoms with van der Waals surface area (Å²) < 4.78 is 7.46. The van der Waals surface area contributed by atoms with Gasteiger partial charge in [0.15, 0.2) is 11.5 Å². The highest BCUT2D eigenvalue weighted by Gasteiger charge is 2.08. The van der Waals surface area contributed by atoms with Crippen molar-refractivity contribution in [2.75, 3.05) is 0 Å². The van der Waals surface area contributed by atoms with E-state index in [4.69, 9.17) is 16.3 Å². The van der Waals surface area contributed by atoms with E-state index < -0.39 is 0 Å². The van der Waals surface area contributed by atoms with Crippen LogP contribution in [0.3, 0.4) is 0 Å². The quantitative estimate of drug-likeness (QED) is 0.688. The number of rotatable bonds is 3. The van der Waals surface area contributed by atoms with Gasteiger partial charge in [-0.2, -0.15) is 0 Å². The highest BCUT2D eigenvalue weighted by Crippen LogP contribution is 2.16. The molecular formula is C14H12ClN3O. The summed E-state index contributed by atoms with van der Waals surface area (Å²) in [6.07, 6.45) is 0. The second-order valence-electron chi connectivity index (χ2n) is 4.26. The first-order chi connectivity index (χ1) is 9.24. The molecule has 0 bridgehead atoms. The topological polar surface area (TPSA) is 39.4 Å². The van der Waals surface area contributed by atoms with E-state index in [1.165, 1.54) is 5.56 Å². The van der Waals surface area contributed by atoms with Gasteiger partial charge in [0, 0.05) is 0 Å². The van der Waals surface area contributed by atoms with Gasteiger partial charge >= 0.3 is 0 Å². The Labute approximate surface area is 115 Å². The molecule has 0 radical (unpaired) electrons. The average Bonchev–Trinajstić information content (AvgIpc) is 2.83. The summed E-state index contributed by atoms with van der Waals surface area (Å²) in [5.74, 6) is 1.48. The van der Waals surface area contributed by atoms with Crippen molar-refractivity contribution in [2.45, 2.75) is 13.5 Å². The van der Waals surface area contributed by atoms with Gasteiger partial charge < -0.3 is 4.74 Å². The van der Waals surface area contributed by atoms with E-state index >= 15 is 0 Å². The van der Waals surface area contributed by atoms with Crippen LogP contribution in [0.25, 0.3) is 5.65 Å². The molecule has 0 fully saturated rings. The second kappa shape index (κ2) is 4.90. The van der Waals surface area contributed by atoms with Crippen molar-refractivity contribution in [1.29, 1.82) is 0 Å². The Morgan fingerprint density at radius 3 is 2.68 bits per heavy atom. The van der Waals surface area contributed by atoms with Crippen molar-refractivity contribution >= 4 is 17.2 Å². The van der Waals surface area contributed by atoms with Crippen molar-refractivity contribution in [1.82, 2.24) is 14.6 Å². The van der Waals surface area contributed by atoms with Crippen molar-refractivity contribution in [3.8, 4) is 5.75 Å². The van der Waals surface area contributed by atoms with Crippen molar-refractivity contribution < 1.29 is 4.74 Å². The van der Waals surface area contributed by atoms with E-state index in [-0.39, 0.29) is 0 Å². The summed E-state index contributed by atoms with van der Waals surface area (Å²) >= 11 is 6.13. The van der Waals surface area contributed by atoms with Gasteiger partial charge in [0.2, 0.25) is 0 Å². The van der Waals surface area contributed by atoms with E-state index in [9.17, 15) is 0 Å². The lowest BCUT2D eigenvalue weighted by Crippen LogP contribution is -2.02. The molecule has 0 amide bonds. The zero-order valence-corrected chi connectivity index (χ0v) is 11.1. The Kier molecular flexibility index (Phi) is 3.09. The summed E-state index contributed by atoms with van der Waals surface area (Å²) in [7, 11) is 0. The van der Waals surface area contributed by atoms with Crippen LogP contribution in [0.15, 0.2) is 42.5 Å². The van der Waals surface area contributed by atoms with Gasteiger partial charge in [0.25, 0.3) is 0 Å². The smallest absolute Gasteiger partial charge is 0.176 e. The number of pyridine rings is 1. The molecule has 3 aromatic rings. The molecule has 0 saturated heterocycles. The fraction of sp³-hybridized carbons (Fsp3) is 0.143. The molecule has 2 heterocycles. The number of benzene rings is 1. The molecule has 0 N–H and O–H groups in total. The predicted molar refractivity (Wildman–Crippen MR) is 73.5 cm³/mol. The van der Waals surface area contributed by atoms with Crippen LogP contribution in [-0.2, 0) is 6.61 Å². The van der Waals surface area contributed by atoms with Gasteiger partial charge in [-0.25, -0.2) is 0 Å². The first-order valence-electron chi connectivity index (χ1n) is 5.92. The summed E-state index contributed by atoms with van der Waals surface area (Å²) in [4.78, 5) is 0. The molecule has 1 aromatic carbocycles. The van der Waals surface area contributed by atoms with E-state index in [0.29, 0.717) is 17.6 Å². The zero-order valence-electron chi connectivity index (χ0n) is 10.4. The van der Waals surface area contributed by atoms with Gasteiger partial charge in [-0.3, -0.25) is 4.40 Å². The van der Waals surface area contributed by atoms with Crippen molar-refractivity contribution in [3.63, 3.8) is 0 Å². The van der Waals surface area contributed by atoms with E-state index in [1.807, 2.05) is 43.3 Å². The average molecular weight is 274 g/mol. The molecule has 2 aromatic heterocycles. The van der Waals surface area contributed by atoms with Gasteiger partial charge in [0.1, 0.15) is 17.5 Å². The van der Waals surface area contributed by atoms with Crippen LogP contribution >= 0.6 is 11.6 Å². The van der Waals surface area contributed by atoms with Crippen LogP contribution in [0.1, 0.15) is 11.4 Å². The molecule has 0 unspecified atom stereocenters. The molecule has 5 heteroatoms. The van der Waals surface area contributed by atoms with Crippen molar-refractivity contribution in [3.05, 3.63) is 59.0 Å². The number of fused-ring (bicyclic) bond motifs is 1. The van der Waals surface area contributed by atoms with E-state index in [2.05, 4.69) is 10.2 Å². The number of nitrogens with zero attached hydrogens (tertiary/aromatic N) is 3. The minimum atomic E-state index is 0.327. The number of ether oxygens (including phenoxy) is 1. The number of halogens is 1. The minimum absolute atomic E-state index is 0.327. The Bertz CT molecular complexity index is 706. The Hall–Kier alpha value is -2.07. The zero-order chi connectivity index (χ0) is 13.2. The normalized spacial score (nSPS) is 10.8. The van der Waals surface area contributed by atoms with E-state index in [0.717, 1.165) is 11.4 Å². The monoisotopic (exact) mass is 273 g/mol. The van der Waals surface area contributed by atoms with Gasteiger partial charge in [0.05, 0.1) is 0 Å². The van der Waals surface area contributed by atoms with Gasteiger partial charge in [-0.1, -0.05) is 35.4 Å². The minimum Gasteiger partial charge on any atom is -0.486 e. The molecule has 0 saturated carbocycles. The number of aryl methyl sites for hydroxylation is 1. The SMILES string of the molecule is Cc1ccc(OCc2nnc3cccc(Cl)n23)cc1. The van der Waals surface area contributed by atoms with Crippen LogP contribution in [0.4, 0.5) is 0 Å². The molecular weight excluding hydrogens is 262 g/mol. The number of aromatic nitrogens is 3. The molecule has 0 spiro atoms. The number of hydrogen-bond acceptors (Lipinski definition) is 3. The van der Waals surface area contributed by atoms with Crippen LogP contribution in [-0.4, -0.2) is 14.6 Å². The summed E-state index contributed by atoms with van der Waals surface area (Å²) in [6, 6.07) is 13.4. The molecule has 96 valence electrons. The lowest BCUT2D eigenvalue weighted by molar-refractivity contribution is 0.294. The third-order valence-electron chi connectivity index (χ3n) is 2.84. The fourth-order valence-electron chi connectivity index (χ4n) is 1.84. The molecule has 0 aliphatic heterocycles.